The normalized spacial score (nSPS) is 12.2. The molecule has 118 valence electrons. The predicted molar refractivity (Wildman–Crippen MR) is 80.7 cm³/mol. The lowest BCUT2D eigenvalue weighted by Crippen LogP contribution is -2.39. The van der Waals surface area contributed by atoms with Gasteiger partial charge in [-0.3, -0.25) is 4.79 Å². The topological polar surface area (TPSA) is 78.4 Å². The zero-order valence-electron chi connectivity index (χ0n) is 13.1. The van der Waals surface area contributed by atoms with Crippen LogP contribution in [0.25, 0.3) is 0 Å². The molecular weight excluding hydrogens is 256 g/mol. The van der Waals surface area contributed by atoms with Crippen molar-refractivity contribution in [3.05, 3.63) is 0 Å². The lowest BCUT2D eigenvalue weighted by atomic mass is 9.94. The number of amides is 2. The van der Waals surface area contributed by atoms with E-state index in [1.165, 1.54) is 12.8 Å². The minimum atomic E-state index is -0.808. The Kier molecular flexibility index (Phi) is 10.8. The van der Waals surface area contributed by atoms with E-state index in [-0.39, 0.29) is 18.4 Å². The van der Waals surface area contributed by atoms with Gasteiger partial charge in [-0.15, -0.1) is 0 Å². The first-order valence-corrected chi connectivity index (χ1v) is 7.69. The Balaban J connectivity index is 3.83. The van der Waals surface area contributed by atoms with E-state index in [9.17, 15) is 9.59 Å². The highest BCUT2D eigenvalue weighted by molar-refractivity contribution is 5.74. The van der Waals surface area contributed by atoms with Gasteiger partial charge in [0.05, 0.1) is 0 Å². The van der Waals surface area contributed by atoms with Gasteiger partial charge in [-0.1, -0.05) is 40.0 Å². The third kappa shape index (κ3) is 11.8. The first-order valence-electron chi connectivity index (χ1n) is 7.69. The highest BCUT2D eigenvalue weighted by atomic mass is 16.4. The molecule has 5 heteroatoms. The van der Waals surface area contributed by atoms with Crippen LogP contribution in [0.15, 0.2) is 0 Å². The summed E-state index contributed by atoms with van der Waals surface area (Å²) in [5.41, 5.74) is 0. The zero-order valence-corrected chi connectivity index (χ0v) is 13.1. The highest BCUT2D eigenvalue weighted by Gasteiger charge is 2.15. The molecule has 20 heavy (non-hydrogen) atoms. The Morgan fingerprint density at radius 1 is 1.10 bits per heavy atom. The second-order valence-corrected chi connectivity index (χ2v) is 5.79. The molecule has 0 saturated carbocycles. The average molecular weight is 286 g/mol. The largest absolute Gasteiger partial charge is 0.481 e. The molecule has 0 aliphatic carbocycles. The lowest BCUT2D eigenvalue weighted by molar-refractivity contribution is -0.138. The Labute approximate surface area is 122 Å². The van der Waals surface area contributed by atoms with Crippen molar-refractivity contribution >= 4 is 12.0 Å². The second kappa shape index (κ2) is 11.6. The van der Waals surface area contributed by atoms with Gasteiger partial charge in [0.2, 0.25) is 0 Å². The fourth-order valence-corrected chi connectivity index (χ4v) is 2.21. The van der Waals surface area contributed by atoms with Crippen LogP contribution < -0.4 is 10.6 Å². The van der Waals surface area contributed by atoms with E-state index in [4.69, 9.17) is 5.11 Å². The Bertz CT molecular complexity index is 280. The first kappa shape index (κ1) is 18.7. The molecule has 0 aliphatic heterocycles. The van der Waals surface area contributed by atoms with E-state index in [2.05, 4.69) is 31.4 Å². The molecule has 0 fully saturated rings. The first-order chi connectivity index (χ1) is 9.45. The number of carbonyl (C=O) groups excluding carboxylic acids is 1. The van der Waals surface area contributed by atoms with Crippen LogP contribution in [0.4, 0.5) is 4.79 Å². The van der Waals surface area contributed by atoms with Gasteiger partial charge >= 0.3 is 12.0 Å². The number of carbonyl (C=O) groups is 2. The molecular formula is C15H30N2O3. The van der Waals surface area contributed by atoms with Crippen LogP contribution in [0.5, 0.6) is 0 Å². The van der Waals surface area contributed by atoms with Crippen LogP contribution in [-0.2, 0) is 4.79 Å². The van der Waals surface area contributed by atoms with Gasteiger partial charge in [-0.25, -0.2) is 4.79 Å². The van der Waals surface area contributed by atoms with Crippen molar-refractivity contribution in [2.45, 2.75) is 59.3 Å². The van der Waals surface area contributed by atoms with Crippen LogP contribution in [0, 0.1) is 11.8 Å². The molecule has 2 amide bonds. The number of rotatable bonds is 11. The molecule has 0 heterocycles. The number of hydrogen-bond donors (Lipinski definition) is 3. The molecule has 5 nitrogen and oxygen atoms in total. The second-order valence-electron chi connectivity index (χ2n) is 5.79. The van der Waals surface area contributed by atoms with Crippen LogP contribution >= 0.6 is 0 Å². The summed E-state index contributed by atoms with van der Waals surface area (Å²) in [6.07, 6.45) is 5.41. The summed E-state index contributed by atoms with van der Waals surface area (Å²) in [7, 11) is 0. The van der Waals surface area contributed by atoms with Crippen LogP contribution in [0.1, 0.15) is 59.3 Å². The molecule has 3 N–H and O–H groups in total. The minimum Gasteiger partial charge on any atom is -0.481 e. The van der Waals surface area contributed by atoms with E-state index >= 15 is 0 Å². The van der Waals surface area contributed by atoms with E-state index < -0.39 is 5.97 Å². The predicted octanol–water partition coefficient (Wildman–Crippen LogP) is 3.00. The Morgan fingerprint density at radius 2 is 1.80 bits per heavy atom. The van der Waals surface area contributed by atoms with Gasteiger partial charge in [0.25, 0.3) is 0 Å². The van der Waals surface area contributed by atoms with Crippen molar-refractivity contribution in [1.29, 1.82) is 0 Å². The Morgan fingerprint density at radius 3 is 2.35 bits per heavy atom. The molecule has 0 rings (SSSR count). The molecule has 1 unspecified atom stereocenters. The van der Waals surface area contributed by atoms with Crippen molar-refractivity contribution < 1.29 is 14.7 Å². The summed E-state index contributed by atoms with van der Waals surface area (Å²) in [5.74, 6) is -0.381. The summed E-state index contributed by atoms with van der Waals surface area (Å²) < 4.78 is 0. The van der Waals surface area contributed by atoms with Crippen molar-refractivity contribution in [3.63, 3.8) is 0 Å². The molecule has 0 saturated heterocycles. The number of aliphatic carboxylic acids is 1. The fraction of sp³-hybridized carbons (Fsp3) is 0.867. The van der Waals surface area contributed by atoms with Crippen molar-refractivity contribution in [2.75, 3.05) is 13.1 Å². The number of carboxylic acids is 1. The average Bonchev–Trinajstić information content (AvgIpc) is 2.34. The maximum Gasteiger partial charge on any atom is 0.314 e. The summed E-state index contributed by atoms with van der Waals surface area (Å²) in [5, 5.41) is 14.4. The molecule has 0 aromatic heterocycles. The van der Waals surface area contributed by atoms with Gasteiger partial charge in [-0.2, -0.15) is 0 Å². The van der Waals surface area contributed by atoms with E-state index in [0.29, 0.717) is 19.0 Å². The molecule has 0 aromatic carbocycles. The SMILES string of the molecule is CCCCCCNC(=O)NCC(CC(=O)O)CC(C)C. The maximum absolute atomic E-state index is 11.6. The molecule has 1 atom stereocenters. The number of hydrogen-bond acceptors (Lipinski definition) is 2. The maximum atomic E-state index is 11.6. The summed E-state index contributed by atoms with van der Waals surface area (Å²) in [4.78, 5) is 22.4. The van der Waals surface area contributed by atoms with Crippen LogP contribution in [-0.4, -0.2) is 30.2 Å². The van der Waals surface area contributed by atoms with Gasteiger partial charge in [-0.05, 0) is 24.7 Å². The third-order valence-electron chi connectivity index (χ3n) is 3.14. The molecule has 0 spiro atoms. The Hall–Kier alpha value is -1.26. The monoisotopic (exact) mass is 286 g/mol. The number of unbranched alkanes of at least 4 members (excludes halogenated alkanes) is 3. The summed E-state index contributed by atoms with van der Waals surface area (Å²) >= 11 is 0. The quantitative estimate of drug-likeness (QED) is 0.511. The van der Waals surface area contributed by atoms with Crippen molar-refractivity contribution in [1.82, 2.24) is 10.6 Å². The number of urea groups is 1. The summed E-state index contributed by atoms with van der Waals surface area (Å²) in [6, 6.07) is -0.194. The van der Waals surface area contributed by atoms with Gasteiger partial charge in [0, 0.05) is 19.5 Å². The summed E-state index contributed by atoms with van der Waals surface area (Å²) in [6.45, 7) is 7.37. The van der Waals surface area contributed by atoms with Crippen molar-refractivity contribution in [2.24, 2.45) is 11.8 Å². The number of nitrogens with one attached hydrogen (secondary N) is 2. The van der Waals surface area contributed by atoms with E-state index in [0.717, 1.165) is 19.3 Å². The smallest absolute Gasteiger partial charge is 0.314 e. The highest BCUT2D eigenvalue weighted by Crippen LogP contribution is 2.14. The van der Waals surface area contributed by atoms with E-state index in [1.807, 2.05) is 0 Å². The van der Waals surface area contributed by atoms with Crippen LogP contribution in [0.2, 0.25) is 0 Å². The fourth-order valence-electron chi connectivity index (χ4n) is 2.21. The molecule has 0 radical (unpaired) electrons. The lowest BCUT2D eigenvalue weighted by Gasteiger charge is -2.18. The molecule has 0 aromatic rings. The van der Waals surface area contributed by atoms with Gasteiger partial charge in [0.1, 0.15) is 0 Å². The standard InChI is InChI=1S/C15H30N2O3/c1-4-5-6-7-8-16-15(20)17-11-13(9-12(2)3)10-14(18)19/h12-13H,4-11H2,1-3H3,(H,18,19)(H2,16,17,20). The minimum absolute atomic E-state index is 0.00154. The van der Waals surface area contributed by atoms with Gasteiger partial charge < -0.3 is 15.7 Å². The molecule has 0 bridgehead atoms. The zero-order chi connectivity index (χ0) is 15.4. The van der Waals surface area contributed by atoms with Crippen molar-refractivity contribution in [3.8, 4) is 0 Å². The molecule has 0 aliphatic rings. The number of carboxylic acid groups (broad SMARTS) is 1. The van der Waals surface area contributed by atoms with Gasteiger partial charge in [0.15, 0.2) is 0 Å². The van der Waals surface area contributed by atoms with Crippen LogP contribution in [0.3, 0.4) is 0 Å². The third-order valence-corrected chi connectivity index (χ3v) is 3.14. The van der Waals surface area contributed by atoms with E-state index in [1.54, 1.807) is 0 Å².